The highest BCUT2D eigenvalue weighted by Gasteiger charge is 2.50. The number of nitrogens with zero attached hydrogens (tertiary/aromatic N) is 4. The van der Waals surface area contributed by atoms with Crippen molar-refractivity contribution >= 4 is 17.6 Å². The van der Waals surface area contributed by atoms with E-state index in [9.17, 15) is 9.59 Å². The number of hydrogen-bond acceptors (Lipinski definition) is 5. The van der Waals surface area contributed by atoms with Gasteiger partial charge in [0.05, 0.1) is 5.41 Å². The molecule has 1 saturated heterocycles. The first-order valence-corrected chi connectivity index (χ1v) is 9.82. The van der Waals surface area contributed by atoms with Crippen molar-refractivity contribution in [2.24, 2.45) is 5.41 Å². The van der Waals surface area contributed by atoms with Crippen molar-refractivity contribution in [3.63, 3.8) is 0 Å². The second kappa shape index (κ2) is 7.30. The molecule has 2 amide bonds. The summed E-state index contributed by atoms with van der Waals surface area (Å²) in [6, 6.07) is 5.30. The molecule has 2 atom stereocenters. The molecule has 0 aromatic carbocycles. The second-order valence-corrected chi connectivity index (χ2v) is 7.90. The van der Waals surface area contributed by atoms with Crippen molar-refractivity contribution in [1.29, 1.82) is 0 Å². The van der Waals surface area contributed by atoms with Crippen molar-refractivity contribution in [3.05, 3.63) is 47.7 Å². The van der Waals surface area contributed by atoms with E-state index in [1.807, 2.05) is 13.8 Å². The number of aryl methyl sites for hydroxylation is 2. The summed E-state index contributed by atoms with van der Waals surface area (Å²) in [5.74, 6) is 1.37. The van der Waals surface area contributed by atoms with Crippen LogP contribution >= 0.6 is 0 Å². The van der Waals surface area contributed by atoms with Gasteiger partial charge in [0.15, 0.2) is 0 Å². The number of carbonyl (C=O) groups excluding carboxylic acids is 2. The minimum atomic E-state index is -0.400. The molecule has 1 saturated carbocycles. The third-order valence-corrected chi connectivity index (χ3v) is 5.89. The fourth-order valence-electron chi connectivity index (χ4n) is 4.50. The summed E-state index contributed by atoms with van der Waals surface area (Å²) in [5, 5.41) is 3.13. The molecule has 146 valence electrons. The zero-order valence-electron chi connectivity index (χ0n) is 16.3. The van der Waals surface area contributed by atoms with E-state index in [0.29, 0.717) is 30.2 Å². The van der Waals surface area contributed by atoms with Crippen molar-refractivity contribution in [2.75, 3.05) is 11.4 Å². The van der Waals surface area contributed by atoms with Gasteiger partial charge >= 0.3 is 0 Å². The second-order valence-electron chi connectivity index (χ2n) is 7.90. The van der Waals surface area contributed by atoms with Crippen LogP contribution in [-0.2, 0) is 4.79 Å². The summed E-state index contributed by atoms with van der Waals surface area (Å²) < 4.78 is 0. The van der Waals surface area contributed by atoms with Gasteiger partial charge in [-0.3, -0.25) is 19.5 Å². The number of pyridine rings is 1. The molecule has 1 aliphatic heterocycles. The number of hydrogen-bond donors (Lipinski definition) is 1. The first kappa shape index (κ1) is 18.5. The van der Waals surface area contributed by atoms with Crippen LogP contribution < -0.4 is 10.2 Å². The third-order valence-electron chi connectivity index (χ3n) is 5.89. The maximum atomic E-state index is 13.3. The fraction of sp³-hybridized carbons (Fsp3) is 0.476. The predicted octanol–water partition coefficient (Wildman–Crippen LogP) is 2.58. The van der Waals surface area contributed by atoms with Gasteiger partial charge in [-0.2, -0.15) is 0 Å². The lowest BCUT2D eigenvalue weighted by atomic mass is 9.71. The lowest BCUT2D eigenvalue weighted by Gasteiger charge is -2.36. The van der Waals surface area contributed by atoms with Gasteiger partial charge in [-0.15, -0.1) is 0 Å². The Morgan fingerprint density at radius 1 is 1.21 bits per heavy atom. The molecule has 1 spiro atoms. The monoisotopic (exact) mass is 379 g/mol. The van der Waals surface area contributed by atoms with Gasteiger partial charge in [0.25, 0.3) is 5.91 Å². The van der Waals surface area contributed by atoms with E-state index in [4.69, 9.17) is 0 Å². The maximum Gasteiger partial charge on any atom is 0.251 e. The summed E-state index contributed by atoms with van der Waals surface area (Å²) in [7, 11) is 0. The zero-order valence-corrected chi connectivity index (χ0v) is 16.3. The topological polar surface area (TPSA) is 88.1 Å². The third kappa shape index (κ3) is 3.48. The molecular formula is C21H25N5O2. The van der Waals surface area contributed by atoms with Gasteiger partial charge in [0.1, 0.15) is 11.6 Å². The molecule has 28 heavy (non-hydrogen) atoms. The van der Waals surface area contributed by atoms with E-state index in [-0.39, 0.29) is 17.9 Å². The molecule has 2 aliphatic rings. The van der Waals surface area contributed by atoms with Gasteiger partial charge in [-0.05, 0) is 57.7 Å². The molecule has 7 nitrogen and oxygen atoms in total. The average molecular weight is 379 g/mol. The zero-order chi connectivity index (χ0) is 19.7. The van der Waals surface area contributed by atoms with Crippen LogP contribution in [0, 0.1) is 19.3 Å². The Morgan fingerprint density at radius 3 is 2.82 bits per heavy atom. The molecule has 7 heteroatoms. The summed E-state index contributed by atoms with van der Waals surface area (Å²) in [6.07, 6.45) is 7.52. The molecule has 0 bridgehead atoms. The summed E-state index contributed by atoms with van der Waals surface area (Å²) in [6.45, 7) is 4.36. The van der Waals surface area contributed by atoms with Crippen molar-refractivity contribution in [3.8, 4) is 0 Å². The summed E-state index contributed by atoms with van der Waals surface area (Å²) in [4.78, 5) is 40.4. The number of aromatic nitrogens is 3. The Bertz CT molecular complexity index is 915. The molecule has 2 aromatic rings. The van der Waals surface area contributed by atoms with E-state index in [1.54, 1.807) is 35.5 Å². The molecule has 1 aliphatic carbocycles. The van der Waals surface area contributed by atoms with E-state index in [0.717, 1.165) is 31.4 Å². The predicted molar refractivity (Wildman–Crippen MR) is 105 cm³/mol. The van der Waals surface area contributed by atoms with Crippen LogP contribution in [0.2, 0.25) is 0 Å². The normalized spacial score (nSPS) is 24.6. The Hall–Kier alpha value is -2.83. The maximum absolute atomic E-state index is 13.3. The number of carbonyl (C=O) groups is 2. The van der Waals surface area contributed by atoms with Crippen LogP contribution in [0.1, 0.15) is 54.0 Å². The summed E-state index contributed by atoms with van der Waals surface area (Å²) >= 11 is 0. The highest BCUT2D eigenvalue weighted by molar-refractivity contribution is 5.99. The minimum Gasteiger partial charge on any atom is -0.349 e. The van der Waals surface area contributed by atoms with Crippen LogP contribution in [0.4, 0.5) is 5.82 Å². The van der Waals surface area contributed by atoms with Gasteiger partial charge in [0, 0.05) is 36.2 Å². The van der Waals surface area contributed by atoms with E-state index in [2.05, 4.69) is 20.3 Å². The van der Waals surface area contributed by atoms with Crippen molar-refractivity contribution in [2.45, 2.75) is 52.0 Å². The SMILES string of the molecule is Cc1cc(C(=O)NC2CCCC3(CCN(c4ccnc(C)n4)C3=O)C2)ccn1. The number of rotatable bonds is 3. The van der Waals surface area contributed by atoms with Crippen molar-refractivity contribution in [1.82, 2.24) is 20.3 Å². The van der Waals surface area contributed by atoms with Gasteiger partial charge < -0.3 is 5.32 Å². The number of anilines is 1. The molecule has 2 aromatic heterocycles. The molecule has 2 unspecified atom stereocenters. The first-order chi connectivity index (χ1) is 13.5. The van der Waals surface area contributed by atoms with Gasteiger partial charge in [-0.25, -0.2) is 9.97 Å². The Balaban J connectivity index is 1.47. The largest absolute Gasteiger partial charge is 0.349 e. The molecule has 1 N–H and O–H groups in total. The smallest absolute Gasteiger partial charge is 0.251 e. The standard InChI is InChI=1S/C21H25N5O2/c1-14-12-16(5-9-22-14)19(27)25-17-4-3-7-21(13-17)8-11-26(20(21)28)18-6-10-23-15(2)24-18/h5-6,9-10,12,17H,3-4,7-8,11,13H2,1-2H3,(H,25,27). The molecule has 0 radical (unpaired) electrons. The minimum absolute atomic E-state index is 0.00533. The van der Waals surface area contributed by atoms with Crippen LogP contribution in [0.25, 0.3) is 0 Å². The molecular weight excluding hydrogens is 354 g/mol. The van der Waals surface area contributed by atoms with Crippen LogP contribution in [0.5, 0.6) is 0 Å². The van der Waals surface area contributed by atoms with E-state index < -0.39 is 5.41 Å². The average Bonchev–Trinajstić information content (AvgIpc) is 2.97. The molecule has 4 rings (SSSR count). The van der Waals surface area contributed by atoms with Crippen molar-refractivity contribution < 1.29 is 9.59 Å². The molecule has 2 fully saturated rings. The summed E-state index contributed by atoms with van der Waals surface area (Å²) in [5.41, 5.74) is 1.03. The fourth-order valence-corrected chi connectivity index (χ4v) is 4.50. The Kier molecular flexibility index (Phi) is 4.83. The van der Waals surface area contributed by atoms with E-state index in [1.165, 1.54) is 0 Å². The Morgan fingerprint density at radius 2 is 2.04 bits per heavy atom. The molecule has 3 heterocycles. The Labute approximate surface area is 164 Å². The van der Waals surface area contributed by atoms with Crippen LogP contribution in [0.3, 0.4) is 0 Å². The van der Waals surface area contributed by atoms with Crippen LogP contribution in [0.15, 0.2) is 30.6 Å². The quantitative estimate of drug-likeness (QED) is 0.886. The lowest BCUT2D eigenvalue weighted by molar-refractivity contribution is -0.127. The van der Waals surface area contributed by atoms with Gasteiger partial charge in [-0.1, -0.05) is 6.42 Å². The highest BCUT2D eigenvalue weighted by atomic mass is 16.2. The number of amides is 2. The van der Waals surface area contributed by atoms with Gasteiger partial charge in [0.2, 0.25) is 5.91 Å². The van der Waals surface area contributed by atoms with Crippen LogP contribution in [-0.4, -0.2) is 39.4 Å². The highest BCUT2D eigenvalue weighted by Crippen LogP contribution is 2.45. The van der Waals surface area contributed by atoms with E-state index >= 15 is 0 Å². The lowest BCUT2D eigenvalue weighted by Crippen LogP contribution is -2.46. The number of nitrogens with one attached hydrogen (secondary N) is 1. The first-order valence-electron chi connectivity index (χ1n) is 9.82.